The Labute approximate surface area is 82.6 Å². The number of anilines is 1. The van der Waals surface area contributed by atoms with Crippen LogP contribution in [0.15, 0.2) is 30.3 Å². The second-order valence-corrected chi connectivity index (χ2v) is 2.77. The summed E-state index contributed by atoms with van der Waals surface area (Å²) in [5.74, 6) is 0.123. The summed E-state index contributed by atoms with van der Waals surface area (Å²) in [5.41, 5.74) is 7.16. The minimum absolute atomic E-state index is 0.123. The van der Waals surface area contributed by atoms with Crippen molar-refractivity contribution in [2.24, 2.45) is 0 Å². The summed E-state index contributed by atoms with van der Waals surface area (Å²) >= 11 is 0. The lowest BCUT2D eigenvalue weighted by Gasteiger charge is -2.03. The van der Waals surface area contributed by atoms with Crippen molar-refractivity contribution in [1.29, 1.82) is 0 Å². The minimum atomic E-state index is 0.123. The second kappa shape index (κ2) is 3.45. The van der Waals surface area contributed by atoms with E-state index in [1.165, 1.54) is 0 Å². The number of nitrogens with two attached hydrogens (primary N) is 1. The largest absolute Gasteiger partial charge is 0.366 e. The maximum atomic E-state index is 5.63. The Morgan fingerprint density at radius 3 is 2.50 bits per heavy atom. The van der Waals surface area contributed by atoms with E-state index in [0.29, 0.717) is 5.69 Å². The highest BCUT2D eigenvalue weighted by atomic mass is 15.2. The van der Waals surface area contributed by atoms with E-state index in [1.807, 2.05) is 30.3 Å². The van der Waals surface area contributed by atoms with E-state index in [-0.39, 0.29) is 11.5 Å². The SMILES string of the molecule is [B]c1nnc(N)nc1-c1ccccc1. The maximum absolute atomic E-state index is 5.63. The van der Waals surface area contributed by atoms with Gasteiger partial charge in [-0.15, -0.1) is 5.10 Å². The van der Waals surface area contributed by atoms with Gasteiger partial charge in [-0.25, -0.2) is 4.98 Å². The van der Waals surface area contributed by atoms with Crippen LogP contribution in [0.2, 0.25) is 0 Å². The molecule has 0 saturated heterocycles. The van der Waals surface area contributed by atoms with Crippen LogP contribution in [-0.4, -0.2) is 23.0 Å². The number of nitrogens with zero attached hydrogens (tertiary/aromatic N) is 3. The van der Waals surface area contributed by atoms with E-state index in [1.54, 1.807) is 0 Å². The summed E-state index contributed by atoms with van der Waals surface area (Å²) in [6.45, 7) is 0. The van der Waals surface area contributed by atoms with Gasteiger partial charge >= 0.3 is 0 Å². The molecule has 0 aliphatic carbocycles. The van der Waals surface area contributed by atoms with Crippen LogP contribution in [0.1, 0.15) is 0 Å². The minimum Gasteiger partial charge on any atom is -0.366 e. The highest BCUT2D eigenvalue weighted by Gasteiger charge is 2.04. The molecule has 2 radical (unpaired) electrons. The van der Waals surface area contributed by atoms with Gasteiger partial charge in [0.15, 0.2) is 0 Å². The topological polar surface area (TPSA) is 64.7 Å². The summed E-state index contributed by atoms with van der Waals surface area (Å²) in [5, 5.41) is 7.25. The van der Waals surface area contributed by atoms with E-state index in [9.17, 15) is 0 Å². The zero-order valence-corrected chi connectivity index (χ0v) is 7.38. The molecule has 2 aromatic rings. The van der Waals surface area contributed by atoms with Gasteiger partial charge in [-0.3, -0.25) is 0 Å². The molecule has 0 fully saturated rings. The van der Waals surface area contributed by atoms with Gasteiger partial charge in [0.05, 0.1) is 5.69 Å². The van der Waals surface area contributed by atoms with Gasteiger partial charge in [0, 0.05) is 11.2 Å². The molecular weight excluding hydrogens is 175 g/mol. The van der Waals surface area contributed by atoms with Crippen LogP contribution in [0.25, 0.3) is 11.3 Å². The smallest absolute Gasteiger partial charge is 0.240 e. The van der Waals surface area contributed by atoms with E-state index >= 15 is 0 Å². The fourth-order valence-electron chi connectivity index (χ4n) is 1.16. The summed E-state index contributed by atoms with van der Waals surface area (Å²) in [4.78, 5) is 4.02. The molecule has 1 aromatic heterocycles. The van der Waals surface area contributed by atoms with E-state index < -0.39 is 0 Å². The lowest BCUT2D eigenvalue weighted by molar-refractivity contribution is 1.02. The molecule has 2 rings (SSSR count). The van der Waals surface area contributed by atoms with Gasteiger partial charge in [-0.1, -0.05) is 30.3 Å². The predicted molar refractivity (Wildman–Crippen MR) is 55.1 cm³/mol. The molecule has 2 N–H and O–H groups in total. The molecule has 0 atom stereocenters. The van der Waals surface area contributed by atoms with Crippen molar-refractivity contribution in [3.63, 3.8) is 0 Å². The maximum Gasteiger partial charge on any atom is 0.240 e. The third-order valence-electron chi connectivity index (χ3n) is 1.78. The number of rotatable bonds is 1. The van der Waals surface area contributed by atoms with Crippen molar-refractivity contribution >= 4 is 19.4 Å². The number of hydrogen-bond donors (Lipinski definition) is 1. The molecule has 0 unspecified atom stereocenters. The van der Waals surface area contributed by atoms with Crippen LogP contribution in [0.3, 0.4) is 0 Å². The average molecular weight is 182 g/mol. The quantitative estimate of drug-likeness (QED) is 0.626. The molecular formula is C9H7BN4. The summed E-state index contributed by atoms with van der Waals surface area (Å²) < 4.78 is 0. The average Bonchev–Trinajstić information content (AvgIpc) is 2.23. The fourth-order valence-corrected chi connectivity index (χ4v) is 1.16. The highest BCUT2D eigenvalue weighted by molar-refractivity contribution is 6.33. The number of aromatic nitrogens is 3. The van der Waals surface area contributed by atoms with E-state index in [4.69, 9.17) is 13.6 Å². The van der Waals surface area contributed by atoms with E-state index in [0.717, 1.165) is 5.56 Å². The third-order valence-corrected chi connectivity index (χ3v) is 1.78. The van der Waals surface area contributed by atoms with Crippen molar-refractivity contribution in [3.8, 4) is 11.3 Å². The van der Waals surface area contributed by atoms with Gasteiger partial charge in [0.25, 0.3) is 0 Å². The molecule has 14 heavy (non-hydrogen) atoms. The first kappa shape index (κ1) is 8.68. The first-order chi connectivity index (χ1) is 6.77. The molecule has 5 heteroatoms. The molecule has 0 aliphatic heterocycles. The van der Waals surface area contributed by atoms with Crippen molar-refractivity contribution < 1.29 is 0 Å². The van der Waals surface area contributed by atoms with Crippen molar-refractivity contribution in [1.82, 2.24) is 15.2 Å². The standard InChI is InChI=1S/C9H7BN4/c10-8-7(12-9(11)14-13-8)6-4-2-1-3-5-6/h1-5H,(H2,11,12,14). The zero-order chi connectivity index (χ0) is 9.97. The lowest BCUT2D eigenvalue weighted by Crippen LogP contribution is -2.17. The molecule has 1 heterocycles. The Morgan fingerprint density at radius 1 is 1.07 bits per heavy atom. The highest BCUT2D eigenvalue weighted by Crippen LogP contribution is 2.12. The normalized spacial score (nSPS) is 10.0. The molecule has 0 spiro atoms. The Morgan fingerprint density at radius 2 is 1.79 bits per heavy atom. The van der Waals surface area contributed by atoms with Gasteiger partial charge in [-0.05, 0) is 0 Å². The molecule has 0 amide bonds. The predicted octanol–water partition coefficient (Wildman–Crippen LogP) is -0.0854. The van der Waals surface area contributed by atoms with Crippen LogP contribution >= 0.6 is 0 Å². The number of hydrogen-bond acceptors (Lipinski definition) is 4. The lowest BCUT2D eigenvalue weighted by atomic mass is 9.98. The van der Waals surface area contributed by atoms with Crippen LogP contribution < -0.4 is 11.3 Å². The summed E-state index contributed by atoms with van der Waals surface area (Å²) in [6.07, 6.45) is 0. The van der Waals surface area contributed by atoms with Crippen molar-refractivity contribution in [3.05, 3.63) is 30.3 Å². The first-order valence-electron chi connectivity index (χ1n) is 4.08. The first-order valence-corrected chi connectivity index (χ1v) is 4.08. The number of benzene rings is 1. The van der Waals surface area contributed by atoms with Gasteiger partial charge in [0.1, 0.15) is 7.85 Å². The molecule has 0 aliphatic rings. The van der Waals surface area contributed by atoms with Crippen molar-refractivity contribution in [2.75, 3.05) is 5.73 Å². The fraction of sp³-hybridized carbons (Fsp3) is 0. The van der Waals surface area contributed by atoms with Crippen LogP contribution in [0.5, 0.6) is 0 Å². The van der Waals surface area contributed by atoms with E-state index in [2.05, 4.69) is 15.2 Å². The van der Waals surface area contributed by atoms with Crippen LogP contribution in [0.4, 0.5) is 5.95 Å². The molecule has 0 saturated carbocycles. The Hall–Kier alpha value is -1.91. The summed E-state index contributed by atoms with van der Waals surface area (Å²) in [7, 11) is 5.63. The molecule has 1 aromatic carbocycles. The van der Waals surface area contributed by atoms with Gasteiger partial charge < -0.3 is 5.73 Å². The molecule has 4 nitrogen and oxygen atoms in total. The van der Waals surface area contributed by atoms with Gasteiger partial charge in [0.2, 0.25) is 5.95 Å². The summed E-state index contributed by atoms with van der Waals surface area (Å²) in [6, 6.07) is 9.48. The monoisotopic (exact) mass is 182 g/mol. The van der Waals surface area contributed by atoms with Crippen LogP contribution in [-0.2, 0) is 0 Å². The molecule has 0 bridgehead atoms. The third kappa shape index (κ3) is 1.57. The van der Waals surface area contributed by atoms with Crippen molar-refractivity contribution in [2.45, 2.75) is 0 Å². The van der Waals surface area contributed by atoms with Gasteiger partial charge in [-0.2, -0.15) is 5.10 Å². The second-order valence-electron chi connectivity index (χ2n) is 2.77. The Bertz CT molecular complexity index is 444. The van der Waals surface area contributed by atoms with Crippen LogP contribution in [0, 0.1) is 0 Å². The molecule has 66 valence electrons. The zero-order valence-electron chi connectivity index (χ0n) is 7.38. The Kier molecular flexibility index (Phi) is 2.14. The Balaban J connectivity index is 2.57. The number of nitrogen functional groups attached to an aromatic ring is 1.